The van der Waals surface area contributed by atoms with E-state index < -0.39 is 0 Å². The summed E-state index contributed by atoms with van der Waals surface area (Å²) >= 11 is 0. The zero-order valence-corrected chi connectivity index (χ0v) is 11.3. The second-order valence-electron chi connectivity index (χ2n) is 4.76. The number of ether oxygens (including phenoxy) is 1. The number of fused-ring (bicyclic) bond motifs is 3. The molecule has 2 heterocycles. The molecule has 0 saturated carbocycles. The van der Waals surface area contributed by atoms with Crippen molar-refractivity contribution in [1.82, 2.24) is 9.97 Å². The smallest absolute Gasteiger partial charge is 0.0922 e. The second-order valence-corrected chi connectivity index (χ2v) is 4.76. The molecule has 102 valence electrons. The average Bonchev–Trinajstić information content (AvgIpc) is 2.80. The first-order chi connectivity index (χ1) is 9.74. The van der Waals surface area contributed by atoms with Crippen molar-refractivity contribution >= 4 is 28.0 Å². The summed E-state index contributed by atoms with van der Waals surface area (Å²) in [6, 6.07) is 6.26. The van der Waals surface area contributed by atoms with Crippen LogP contribution in [-0.2, 0) is 11.3 Å². The largest absolute Gasteiger partial charge is 0.411 e. The topological polar surface area (TPSA) is 70.5 Å². The highest BCUT2D eigenvalue weighted by molar-refractivity contribution is 6.10. The van der Waals surface area contributed by atoms with Gasteiger partial charge in [-0.25, -0.2) is 0 Å². The first-order valence-electron chi connectivity index (χ1n) is 6.31. The van der Waals surface area contributed by atoms with E-state index in [4.69, 9.17) is 9.94 Å². The highest BCUT2D eigenvalue weighted by atomic mass is 16.5. The van der Waals surface area contributed by atoms with Gasteiger partial charge in [0.1, 0.15) is 0 Å². The third kappa shape index (κ3) is 1.92. The predicted octanol–water partition coefficient (Wildman–Crippen LogP) is 2.98. The van der Waals surface area contributed by atoms with Crippen molar-refractivity contribution in [2.24, 2.45) is 5.16 Å². The van der Waals surface area contributed by atoms with E-state index in [0.29, 0.717) is 12.3 Å². The fraction of sp³-hybridized carbons (Fsp3) is 0.200. The lowest BCUT2D eigenvalue weighted by molar-refractivity contribution is 0.185. The summed E-state index contributed by atoms with van der Waals surface area (Å²) in [5.74, 6) is 0. The van der Waals surface area contributed by atoms with Crippen molar-refractivity contribution in [1.29, 1.82) is 0 Å². The molecule has 0 aliphatic heterocycles. The molecule has 0 aliphatic carbocycles. The summed E-state index contributed by atoms with van der Waals surface area (Å²) in [6.45, 7) is 2.47. The van der Waals surface area contributed by atoms with E-state index in [1.54, 1.807) is 13.3 Å². The molecule has 0 spiro atoms. The number of rotatable bonds is 3. The molecule has 0 atom stereocenters. The van der Waals surface area contributed by atoms with E-state index in [2.05, 4.69) is 40.2 Å². The van der Waals surface area contributed by atoms with Crippen LogP contribution in [-0.4, -0.2) is 28.5 Å². The maximum absolute atomic E-state index is 8.77. The summed E-state index contributed by atoms with van der Waals surface area (Å²) in [6.07, 6.45) is 3.09. The predicted molar refractivity (Wildman–Crippen MR) is 78.4 cm³/mol. The van der Waals surface area contributed by atoms with Gasteiger partial charge >= 0.3 is 0 Å². The number of pyridine rings is 1. The molecule has 2 N–H and O–H groups in total. The quantitative estimate of drug-likeness (QED) is 0.436. The number of hydrogen-bond donors (Lipinski definition) is 2. The van der Waals surface area contributed by atoms with Crippen LogP contribution in [0.3, 0.4) is 0 Å². The minimum atomic E-state index is 0.409. The van der Waals surface area contributed by atoms with E-state index in [-0.39, 0.29) is 0 Å². The number of aromatic nitrogens is 2. The van der Waals surface area contributed by atoms with Crippen LogP contribution in [0.4, 0.5) is 0 Å². The molecule has 20 heavy (non-hydrogen) atoms. The highest BCUT2D eigenvalue weighted by Gasteiger charge is 2.13. The lowest BCUT2D eigenvalue weighted by Crippen LogP contribution is -1.99. The first-order valence-corrected chi connectivity index (χ1v) is 6.31. The zero-order chi connectivity index (χ0) is 14.1. The Morgan fingerprint density at radius 2 is 2.25 bits per heavy atom. The van der Waals surface area contributed by atoms with Crippen LogP contribution in [0.15, 0.2) is 29.6 Å². The molecule has 5 heteroatoms. The van der Waals surface area contributed by atoms with Gasteiger partial charge in [0.25, 0.3) is 0 Å². The number of aryl methyl sites for hydroxylation is 1. The van der Waals surface area contributed by atoms with Crippen LogP contribution < -0.4 is 0 Å². The number of oxime groups is 1. The lowest BCUT2D eigenvalue weighted by Gasteiger charge is -2.06. The Hall–Kier alpha value is -2.40. The van der Waals surface area contributed by atoms with Gasteiger partial charge in [0.15, 0.2) is 0 Å². The van der Waals surface area contributed by atoms with E-state index in [1.165, 1.54) is 11.8 Å². The monoisotopic (exact) mass is 269 g/mol. The molecule has 1 aromatic carbocycles. The molecular weight excluding hydrogens is 254 g/mol. The molecule has 0 amide bonds. The Morgan fingerprint density at radius 3 is 3.00 bits per heavy atom. The van der Waals surface area contributed by atoms with Crippen molar-refractivity contribution in [3.63, 3.8) is 0 Å². The van der Waals surface area contributed by atoms with Crippen molar-refractivity contribution in [3.05, 3.63) is 41.2 Å². The molecule has 3 aromatic rings. The Kier molecular flexibility index (Phi) is 3.12. The lowest BCUT2D eigenvalue weighted by atomic mass is 10.0. The van der Waals surface area contributed by atoms with E-state index in [9.17, 15) is 0 Å². The molecule has 0 unspecified atom stereocenters. The average molecular weight is 269 g/mol. The van der Waals surface area contributed by atoms with Crippen LogP contribution in [0.2, 0.25) is 0 Å². The number of methoxy groups -OCH3 is 1. The maximum atomic E-state index is 8.77. The molecule has 2 aromatic heterocycles. The minimum Gasteiger partial charge on any atom is -0.411 e. The van der Waals surface area contributed by atoms with Gasteiger partial charge in [0.2, 0.25) is 0 Å². The number of aromatic amines is 1. The van der Waals surface area contributed by atoms with E-state index >= 15 is 0 Å². The summed E-state index contributed by atoms with van der Waals surface area (Å²) in [7, 11) is 1.64. The van der Waals surface area contributed by atoms with Gasteiger partial charge in [-0.2, -0.15) is 0 Å². The first kappa shape index (κ1) is 12.6. The zero-order valence-electron chi connectivity index (χ0n) is 11.3. The third-order valence-electron chi connectivity index (χ3n) is 3.40. The molecule has 0 radical (unpaired) electrons. The SMILES string of the molecule is COCc1c(C=NO)ncc2[nH]c3ccc(C)cc3c12. The molecular formula is C15H15N3O2. The molecule has 0 aliphatic rings. The van der Waals surface area contributed by atoms with E-state index in [1.807, 2.05) is 0 Å². The van der Waals surface area contributed by atoms with Gasteiger partial charge in [-0.1, -0.05) is 16.8 Å². The molecule has 3 rings (SSSR count). The van der Waals surface area contributed by atoms with Gasteiger partial charge in [-0.15, -0.1) is 0 Å². The van der Waals surface area contributed by atoms with Gasteiger partial charge in [-0.3, -0.25) is 4.98 Å². The molecule has 5 nitrogen and oxygen atoms in total. The summed E-state index contributed by atoms with van der Waals surface area (Å²) in [4.78, 5) is 7.66. The van der Waals surface area contributed by atoms with E-state index in [0.717, 1.165) is 27.4 Å². The van der Waals surface area contributed by atoms with Gasteiger partial charge in [0, 0.05) is 29.0 Å². The molecule has 0 fully saturated rings. The maximum Gasteiger partial charge on any atom is 0.0922 e. The standard InChI is InChI=1S/C15H15N3O2/c1-9-3-4-12-10(5-9)15-11(8-20-2)13(7-17-19)16-6-14(15)18-12/h3-7,18-19H,8H2,1-2H3. The number of nitrogens with zero attached hydrogens (tertiary/aromatic N) is 2. The third-order valence-corrected chi connectivity index (χ3v) is 3.40. The number of hydrogen-bond acceptors (Lipinski definition) is 4. The van der Waals surface area contributed by atoms with Crippen molar-refractivity contribution in [3.8, 4) is 0 Å². The van der Waals surface area contributed by atoms with Gasteiger partial charge < -0.3 is 14.9 Å². The van der Waals surface area contributed by atoms with Crippen molar-refractivity contribution in [2.75, 3.05) is 7.11 Å². The van der Waals surface area contributed by atoms with Crippen molar-refractivity contribution < 1.29 is 9.94 Å². The number of nitrogens with one attached hydrogen (secondary N) is 1. The normalized spacial score (nSPS) is 11.9. The number of benzene rings is 1. The fourth-order valence-corrected chi connectivity index (χ4v) is 2.55. The Labute approximate surface area is 115 Å². The Morgan fingerprint density at radius 1 is 1.40 bits per heavy atom. The summed E-state index contributed by atoms with van der Waals surface area (Å²) in [5, 5.41) is 14.0. The van der Waals surface area contributed by atoms with Gasteiger partial charge in [0.05, 0.1) is 30.2 Å². The molecule has 0 bridgehead atoms. The van der Waals surface area contributed by atoms with Crippen LogP contribution in [0.5, 0.6) is 0 Å². The van der Waals surface area contributed by atoms with Crippen LogP contribution in [0.25, 0.3) is 21.8 Å². The van der Waals surface area contributed by atoms with Crippen LogP contribution in [0.1, 0.15) is 16.8 Å². The Bertz CT molecular complexity index is 806. The molecule has 0 saturated heterocycles. The highest BCUT2D eigenvalue weighted by Crippen LogP contribution is 2.30. The summed E-state index contributed by atoms with van der Waals surface area (Å²) in [5.41, 5.74) is 4.73. The minimum absolute atomic E-state index is 0.409. The van der Waals surface area contributed by atoms with Gasteiger partial charge in [-0.05, 0) is 19.1 Å². The number of H-pyrrole nitrogens is 1. The fourth-order valence-electron chi connectivity index (χ4n) is 2.55. The van der Waals surface area contributed by atoms with Crippen molar-refractivity contribution in [2.45, 2.75) is 13.5 Å². The summed E-state index contributed by atoms with van der Waals surface area (Å²) < 4.78 is 5.27. The Balaban J connectivity index is 2.43. The van der Waals surface area contributed by atoms with Crippen LogP contribution in [0, 0.1) is 6.92 Å². The second kappa shape index (κ2) is 4.94. The van der Waals surface area contributed by atoms with Crippen LogP contribution >= 0.6 is 0 Å².